The van der Waals surface area contributed by atoms with Gasteiger partial charge >= 0.3 is 0 Å². The maximum absolute atomic E-state index is 13.1. The fourth-order valence-corrected chi connectivity index (χ4v) is 3.60. The summed E-state index contributed by atoms with van der Waals surface area (Å²) >= 11 is 0. The number of nitrogens with zero attached hydrogens (tertiary/aromatic N) is 2. The number of carbonyl (C=O) groups is 2. The minimum absolute atomic E-state index is 0.118. The van der Waals surface area contributed by atoms with Crippen molar-refractivity contribution in [1.29, 1.82) is 0 Å². The average Bonchev–Trinajstić information content (AvgIpc) is 3.42. The normalized spacial score (nSPS) is 14.6. The zero-order chi connectivity index (χ0) is 22.2. The number of aromatic nitrogens is 2. The minimum atomic E-state index is -0.845. The van der Waals surface area contributed by atoms with Crippen molar-refractivity contribution in [2.45, 2.75) is 18.4 Å². The maximum atomic E-state index is 13.1. The fraction of sp³-hybridized carbons (Fsp3) is 0.261. The fourth-order valence-electron chi connectivity index (χ4n) is 3.60. The molecule has 160 valence electrons. The van der Waals surface area contributed by atoms with Crippen LogP contribution >= 0.6 is 0 Å². The lowest BCUT2D eigenvalue weighted by Crippen LogP contribution is -2.48. The second-order valence-electron chi connectivity index (χ2n) is 7.80. The Labute approximate surface area is 178 Å². The topological polar surface area (TPSA) is 87.3 Å². The van der Waals surface area contributed by atoms with Gasteiger partial charge < -0.3 is 15.0 Å². The minimum Gasteiger partial charge on any atom is -0.495 e. The van der Waals surface area contributed by atoms with Crippen LogP contribution in [-0.4, -0.2) is 53.7 Å². The van der Waals surface area contributed by atoms with Gasteiger partial charge in [0, 0.05) is 14.1 Å². The van der Waals surface area contributed by atoms with E-state index in [1.165, 1.54) is 24.1 Å². The lowest BCUT2D eigenvalue weighted by atomic mass is 10.1. The zero-order valence-corrected chi connectivity index (χ0v) is 17.5. The lowest BCUT2D eigenvalue weighted by molar-refractivity contribution is -0.131. The Morgan fingerprint density at radius 3 is 2.48 bits per heavy atom. The molecule has 1 aromatic heterocycles. The van der Waals surface area contributed by atoms with Gasteiger partial charge in [-0.2, -0.15) is 5.10 Å². The number of likely N-dealkylation sites (N-methyl/N-ethyl adjacent to an activating group) is 1. The third-order valence-corrected chi connectivity index (χ3v) is 5.38. The number of methoxy groups -OCH3 is 1. The molecule has 4 rings (SSSR count). The molecular formula is C23H23FN4O3. The standard InChI is InChI=1S/C23H23FN4O3/c1-28(2)22(30)23(12-13-23)25-21(29)16-9-11-18-19(20(16)31-3)17(26-27-18)10-6-14-4-7-15(24)8-5-14/h4-11H,12-13H2,1-3H3,(H,25,29)(H,26,27). The highest BCUT2D eigenvalue weighted by molar-refractivity contribution is 6.07. The summed E-state index contributed by atoms with van der Waals surface area (Å²) in [5.74, 6) is -0.425. The van der Waals surface area contributed by atoms with Gasteiger partial charge in [-0.25, -0.2) is 4.39 Å². The Hall–Kier alpha value is -3.68. The van der Waals surface area contributed by atoms with Crippen molar-refractivity contribution in [1.82, 2.24) is 20.4 Å². The molecule has 0 atom stereocenters. The van der Waals surface area contributed by atoms with Gasteiger partial charge in [0.1, 0.15) is 17.1 Å². The Morgan fingerprint density at radius 1 is 1.16 bits per heavy atom. The van der Waals surface area contributed by atoms with E-state index in [1.54, 1.807) is 44.4 Å². The van der Waals surface area contributed by atoms with Crippen molar-refractivity contribution in [2.24, 2.45) is 0 Å². The second-order valence-corrected chi connectivity index (χ2v) is 7.80. The van der Waals surface area contributed by atoms with E-state index in [0.29, 0.717) is 40.8 Å². The zero-order valence-electron chi connectivity index (χ0n) is 17.5. The molecule has 2 N–H and O–H groups in total. The molecule has 0 radical (unpaired) electrons. The monoisotopic (exact) mass is 422 g/mol. The summed E-state index contributed by atoms with van der Waals surface area (Å²) in [7, 11) is 4.84. The van der Waals surface area contributed by atoms with Crippen LogP contribution in [0.25, 0.3) is 23.1 Å². The van der Waals surface area contributed by atoms with Crippen molar-refractivity contribution in [2.75, 3.05) is 21.2 Å². The van der Waals surface area contributed by atoms with Crippen molar-refractivity contribution < 1.29 is 18.7 Å². The van der Waals surface area contributed by atoms with Crippen molar-refractivity contribution in [3.05, 3.63) is 59.0 Å². The first kappa shape index (κ1) is 20.6. The number of fused-ring (bicyclic) bond motifs is 1. The molecule has 0 spiro atoms. The van der Waals surface area contributed by atoms with Crippen LogP contribution in [-0.2, 0) is 4.79 Å². The molecule has 2 aromatic carbocycles. The van der Waals surface area contributed by atoms with Gasteiger partial charge in [-0.3, -0.25) is 14.7 Å². The van der Waals surface area contributed by atoms with Gasteiger partial charge in [0.25, 0.3) is 5.91 Å². The summed E-state index contributed by atoms with van der Waals surface area (Å²) in [5.41, 5.74) is 1.58. The van der Waals surface area contributed by atoms with Crippen LogP contribution in [0.1, 0.15) is 34.5 Å². The van der Waals surface area contributed by atoms with Gasteiger partial charge in [0.15, 0.2) is 0 Å². The first-order valence-corrected chi connectivity index (χ1v) is 9.87. The molecule has 1 aliphatic carbocycles. The summed E-state index contributed by atoms with van der Waals surface area (Å²) in [6.45, 7) is 0. The number of hydrogen-bond acceptors (Lipinski definition) is 4. The summed E-state index contributed by atoms with van der Waals surface area (Å²) in [6.07, 6.45) is 4.83. The third-order valence-electron chi connectivity index (χ3n) is 5.38. The lowest BCUT2D eigenvalue weighted by Gasteiger charge is -2.21. The van der Waals surface area contributed by atoms with E-state index in [0.717, 1.165) is 5.56 Å². The molecule has 7 nitrogen and oxygen atoms in total. The predicted octanol–water partition coefficient (Wildman–Crippen LogP) is 3.23. The third kappa shape index (κ3) is 3.88. The number of carbonyl (C=O) groups excluding carboxylic acids is 2. The number of halogens is 1. The van der Waals surface area contributed by atoms with Crippen LogP contribution in [0.5, 0.6) is 5.75 Å². The molecule has 1 aliphatic rings. The van der Waals surface area contributed by atoms with E-state index >= 15 is 0 Å². The highest BCUT2D eigenvalue weighted by atomic mass is 19.1. The maximum Gasteiger partial charge on any atom is 0.255 e. The number of benzene rings is 2. The van der Waals surface area contributed by atoms with Gasteiger partial charge in [0.05, 0.1) is 29.3 Å². The van der Waals surface area contributed by atoms with E-state index in [4.69, 9.17) is 4.74 Å². The first-order chi connectivity index (χ1) is 14.8. The molecule has 8 heteroatoms. The van der Waals surface area contributed by atoms with E-state index in [9.17, 15) is 14.0 Å². The molecule has 1 fully saturated rings. The number of rotatable bonds is 6. The van der Waals surface area contributed by atoms with Crippen molar-refractivity contribution >= 4 is 34.9 Å². The first-order valence-electron chi connectivity index (χ1n) is 9.87. The summed E-state index contributed by atoms with van der Waals surface area (Å²) in [4.78, 5) is 27.0. The molecule has 31 heavy (non-hydrogen) atoms. The van der Waals surface area contributed by atoms with Crippen molar-refractivity contribution in [3.63, 3.8) is 0 Å². The molecule has 1 heterocycles. The molecule has 2 amide bonds. The van der Waals surface area contributed by atoms with Gasteiger partial charge in [-0.05, 0) is 48.7 Å². The van der Waals surface area contributed by atoms with Crippen LogP contribution in [0.3, 0.4) is 0 Å². The van der Waals surface area contributed by atoms with Gasteiger partial charge in [-0.15, -0.1) is 0 Å². The van der Waals surface area contributed by atoms with Crippen LogP contribution in [0.15, 0.2) is 36.4 Å². The molecule has 1 saturated carbocycles. The van der Waals surface area contributed by atoms with E-state index in [1.807, 2.05) is 6.08 Å². The predicted molar refractivity (Wildman–Crippen MR) is 116 cm³/mol. The van der Waals surface area contributed by atoms with Crippen LogP contribution in [0.2, 0.25) is 0 Å². The van der Waals surface area contributed by atoms with Crippen LogP contribution < -0.4 is 10.1 Å². The number of hydrogen-bond donors (Lipinski definition) is 2. The van der Waals surface area contributed by atoms with Gasteiger partial charge in [-0.1, -0.05) is 18.2 Å². The Kier molecular flexibility index (Phi) is 5.22. The van der Waals surface area contributed by atoms with Gasteiger partial charge in [0.2, 0.25) is 5.91 Å². The van der Waals surface area contributed by atoms with E-state index in [2.05, 4.69) is 15.5 Å². The Balaban J connectivity index is 1.68. The Bertz CT molecular complexity index is 1180. The van der Waals surface area contributed by atoms with Crippen LogP contribution in [0, 0.1) is 5.82 Å². The summed E-state index contributed by atoms with van der Waals surface area (Å²) in [6, 6.07) is 9.47. The molecule has 0 aliphatic heterocycles. The number of H-pyrrole nitrogens is 1. The smallest absolute Gasteiger partial charge is 0.255 e. The molecule has 0 saturated heterocycles. The largest absolute Gasteiger partial charge is 0.495 e. The molecular weight excluding hydrogens is 399 g/mol. The molecule has 3 aromatic rings. The summed E-state index contributed by atoms with van der Waals surface area (Å²) in [5, 5.41) is 10.8. The van der Waals surface area contributed by atoms with E-state index < -0.39 is 5.54 Å². The number of nitrogens with one attached hydrogen (secondary N) is 2. The summed E-state index contributed by atoms with van der Waals surface area (Å²) < 4.78 is 18.7. The Morgan fingerprint density at radius 2 is 1.87 bits per heavy atom. The second kappa shape index (κ2) is 7.86. The number of ether oxygens (including phenoxy) is 1. The van der Waals surface area contributed by atoms with Crippen LogP contribution in [0.4, 0.5) is 4.39 Å². The molecule has 0 bridgehead atoms. The molecule has 0 unspecified atom stereocenters. The quantitative estimate of drug-likeness (QED) is 0.639. The average molecular weight is 422 g/mol. The number of amides is 2. The van der Waals surface area contributed by atoms with E-state index in [-0.39, 0.29) is 17.6 Å². The number of aromatic amines is 1. The SMILES string of the molecule is COc1c(C(=O)NC2(C(=O)N(C)C)CC2)ccc2n[nH]c(C=Cc3ccc(F)cc3)c12. The highest BCUT2D eigenvalue weighted by Crippen LogP contribution is 2.38. The van der Waals surface area contributed by atoms with Crippen molar-refractivity contribution in [3.8, 4) is 5.75 Å². The highest BCUT2D eigenvalue weighted by Gasteiger charge is 2.52.